The maximum absolute atomic E-state index is 11.1. The second-order valence-corrected chi connectivity index (χ2v) is 3.99. The van der Waals surface area contributed by atoms with E-state index in [1.54, 1.807) is 6.07 Å². The molecule has 4 nitrogen and oxygen atoms in total. The number of carbonyl (C=O) groups excluding carboxylic acids is 1. The summed E-state index contributed by atoms with van der Waals surface area (Å²) in [6.07, 6.45) is 2.66. The van der Waals surface area contributed by atoms with Crippen LogP contribution in [0.4, 0.5) is 0 Å². The van der Waals surface area contributed by atoms with Crippen LogP contribution in [0.25, 0.3) is 0 Å². The van der Waals surface area contributed by atoms with E-state index < -0.39 is 0 Å². The monoisotopic (exact) mass is 209 g/mol. The highest BCUT2D eigenvalue weighted by molar-refractivity contribution is 5.88. The average molecular weight is 209 g/mol. The van der Waals surface area contributed by atoms with Crippen molar-refractivity contribution in [1.82, 2.24) is 5.32 Å². The summed E-state index contributed by atoms with van der Waals surface area (Å²) >= 11 is 0. The third-order valence-corrected chi connectivity index (χ3v) is 2.72. The molecule has 82 valence electrons. The fourth-order valence-electron chi connectivity index (χ4n) is 1.54. The summed E-state index contributed by atoms with van der Waals surface area (Å²) in [5, 5.41) is 3.35. The van der Waals surface area contributed by atoms with Crippen LogP contribution in [-0.4, -0.2) is 19.1 Å². The lowest BCUT2D eigenvalue weighted by Crippen LogP contribution is -2.16. The summed E-state index contributed by atoms with van der Waals surface area (Å²) in [7, 11) is 1.36. The fourth-order valence-corrected chi connectivity index (χ4v) is 1.54. The number of carbonyl (C=O) groups is 1. The molecule has 1 aliphatic rings. The van der Waals surface area contributed by atoms with Gasteiger partial charge in [0.1, 0.15) is 12.0 Å². The Bertz CT molecular complexity index is 358. The molecule has 1 aromatic heterocycles. The number of furan rings is 1. The van der Waals surface area contributed by atoms with Crippen LogP contribution in [0.5, 0.6) is 0 Å². The van der Waals surface area contributed by atoms with Gasteiger partial charge in [-0.2, -0.15) is 0 Å². The fraction of sp³-hybridized carbons (Fsp3) is 0.545. The van der Waals surface area contributed by atoms with E-state index >= 15 is 0 Å². The molecular weight excluding hydrogens is 194 g/mol. The van der Waals surface area contributed by atoms with Crippen LogP contribution in [-0.2, 0) is 11.3 Å². The van der Waals surface area contributed by atoms with Gasteiger partial charge in [0.15, 0.2) is 0 Å². The molecule has 1 aromatic rings. The number of rotatable bonds is 4. The average Bonchev–Trinajstić information content (AvgIpc) is 2.77. The van der Waals surface area contributed by atoms with Crippen LogP contribution in [0, 0.1) is 5.92 Å². The van der Waals surface area contributed by atoms with Gasteiger partial charge in [0.25, 0.3) is 0 Å². The summed E-state index contributed by atoms with van der Waals surface area (Å²) in [4.78, 5) is 11.1. The van der Waals surface area contributed by atoms with Crippen LogP contribution in [0.2, 0.25) is 0 Å². The van der Waals surface area contributed by atoms with Crippen LogP contribution >= 0.6 is 0 Å². The van der Waals surface area contributed by atoms with Gasteiger partial charge in [-0.05, 0) is 18.4 Å². The molecule has 0 amide bonds. The Kier molecular flexibility index (Phi) is 2.77. The predicted molar refractivity (Wildman–Crippen MR) is 54.5 cm³/mol. The molecule has 0 aromatic carbocycles. The molecule has 0 aliphatic heterocycles. The third-order valence-electron chi connectivity index (χ3n) is 2.72. The van der Waals surface area contributed by atoms with Gasteiger partial charge in [-0.25, -0.2) is 4.79 Å². The molecule has 1 heterocycles. The van der Waals surface area contributed by atoms with Crippen molar-refractivity contribution in [1.29, 1.82) is 0 Å². The van der Waals surface area contributed by atoms with Gasteiger partial charge in [-0.1, -0.05) is 6.92 Å². The molecule has 1 aliphatic carbocycles. The molecule has 0 spiro atoms. The van der Waals surface area contributed by atoms with Crippen LogP contribution < -0.4 is 5.32 Å². The largest absolute Gasteiger partial charge is 0.467 e. The minimum absolute atomic E-state index is 0.357. The molecule has 15 heavy (non-hydrogen) atoms. The van der Waals surface area contributed by atoms with E-state index in [0.29, 0.717) is 18.2 Å². The molecule has 2 rings (SSSR count). The molecule has 0 bridgehead atoms. The van der Waals surface area contributed by atoms with E-state index in [9.17, 15) is 4.79 Å². The molecule has 1 N–H and O–H groups in total. The van der Waals surface area contributed by atoms with Crippen molar-refractivity contribution in [3.8, 4) is 0 Å². The summed E-state index contributed by atoms with van der Waals surface area (Å²) in [6, 6.07) is 2.32. The lowest BCUT2D eigenvalue weighted by atomic mass is 10.3. The Balaban J connectivity index is 1.86. The van der Waals surface area contributed by atoms with Crippen molar-refractivity contribution < 1.29 is 13.9 Å². The lowest BCUT2D eigenvalue weighted by molar-refractivity contribution is 0.0600. The van der Waals surface area contributed by atoms with E-state index in [1.807, 2.05) is 0 Å². The van der Waals surface area contributed by atoms with Gasteiger partial charge in [0, 0.05) is 6.04 Å². The first-order valence-electron chi connectivity index (χ1n) is 5.10. The minimum Gasteiger partial charge on any atom is -0.467 e. The third kappa shape index (κ3) is 2.39. The quantitative estimate of drug-likeness (QED) is 0.765. The standard InChI is InChI=1S/C11H15NO3/c1-7-3-10(7)12-5-9-4-8(6-15-9)11(13)14-2/h4,6-7,10,12H,3,5H2,1-2H3. The second kappa shape index (κ2) is 4.06. The Labute approximate surface area is 88.6 Å². The highest BCUT2D eigenvalue weighted by atomic mass is 16.5. The van der Waals surface area contributed by atoms with Gasteiger partial charge in [-0.15, -0.1) is 0 Å². The van der Waals surface area contributed by atoms with Gasteiger partial charge < -0.3 is 14.5 Å². The Morgan fingerprint density at radius 2 is 2.47 bits per heavy atom. The Hall–Kier alpha value is -1.29. The number of hydrogen-bond donors (Lipinski definition) is 1. The number of methoxy groups -OCH3 is 1. The summed E-state index contributed by atoms with van der Waals surface area (Å²) in [5.41, 5.74) is 0.471. The topological polar surface area (TPSA) is 51.5 Å². The van der Waals surface area contributed by atoms with Crippen LogP contribution in [0.3, 0.4) is 0 Å². The van der Waals surface area contributed by atoms with Crippen molar-refractivity contribution in [3.63, 3.8) is 0 Å². The molecule has 0 radical (unpaired) electrons. The zero-order valence-corrected chi connectivity index (χ0v) is 8.95. The van der Waals surface area contributed by atoms with Crippen molar-refractivity contribution in [2.45, 2.75) is 25.9 Å². The summed E-state index contributed by atoms with van der Waals surface area (Å²) in [6.45, 7) is 2.88. The molecule has 2 atom stereocenters. The zero-order chi connectivity index (χ0) is 10.8. The molecule has 2 unspecified atom stereocenters. The zero-order valence-electron chi connectivity index (χ0n) is 8.95. The predicted octanol–water partition coefficient (Wildman–Crippen LogP) is 1.56. The summed E-state index contributed by atoms with van der Waals surface area (Å²) < 4.78 is 9.82. The van der Waals surface area contributed by atoms with Crippen LogP contribution in [0.1, 0.15) is 29.5 Å². The van der Waals surface area contributed by atoms with Gasteiger partial charge in [-0.3, -0.25) is 0 Å². The Morgan fingerprint density at radius 3 is 3.07 bits per heavy atom. The van der Waals surface area contributed by atoms with Gasteiger partial charge in [0.2, 0.25) is 0 Å². The van der Waals surface area contributed by atoms with Crippen molar-refractivity contribution >= 4 is 5.97 Å². The van der Waals surface area contributed by atoms with Crippen LogP contribution in [0.15, 0.2) is 16.7 Å². The van der Waals surface area contributed by atoms with E-state index in [2.05, 4.69) is 17.0 Å². The van der Waals surface area contributed by atoms with Gasteiger partial charge >= 0.3 is 5.97 Å². The molecular formula is C11H15NO3. The maximum Gasteiger partial charge on any atom is 0.341 e. The van der Waals surface area contributed by atoms with E-state index in [4.69, 9.17) is 4.42 Å². The normalized spacial score (nSPS) is 23.9. The minimum atomic E-state index is -0.357. The maximum atomic E-state index is 11.1. The molecule has 0 saturated heterocycles. The second-order valence-electron chi connectivity index (χ2n) is 3.99. The van der Waals surface area contributed by atoms with E-state index in [1.165, 1.54) is 19.8 Å². The molecule has 1 fully saturated rings. The first-order valence-corrected chi connectivity index (χ1v) is 5.10. The molecule has 4 heteroatoms. The number of hydrogen-bond acceptors (Lipinski definition) is 4. The van der Waals surface area contributed by atoms with E-state index in [-0.39, 0.29) is 5.97 Å². The highest BCUT2D eigenvalue weighted by Crippen LogP contribution is 2.29. The molecule has 1 saturated carbocycles. The smallest absolute Gasteiger partial charge is 0.341 e. The number of nitrogens with one attached hydrogen (secondary N) is 1. The summed E-state index contributed by atoms with van der Waals surface area (Å²) in [5.74, 6) is 1.18. The van der Waals surface area contributed by atoms with Gasteiger partial charge in [0.05, 0.1) is 19.2 Å². The SMILES string of the molecule is COC(=O)c1coc(CNC2CC2C)c1. The van der Waals surface area contributed by atoms with E-state index in [0.717, 1.165) is 11.7 Å². The van der Waals surface area contributed by atoms with Crippen molar-refractivity contribution in [2.75, 3.05) is 7.11 Å². The highest BCUT2D eigenvalue weighted by Gasteiger charge is 2.31. The van der Waals surface area contributed by atoms with Crippen molar-refractivity contribution in [2.24, 2.45) is 5.92 Å². The number of ether oxygens (including phenoxy) is 1. The lowest BCUT2D eigenvalue weighted by Gasteiger charge is -1.98. The first-order chi connectivity index (χ1) is 7.20. The Morgan fingerprint density at radius 1 is 1.73 bits per heavy atom. The first kappa shape index (κ1) is 10.2. The number of esters is 1. The van der Waals surface area contributed by atoms with Crippen molar-refractivity contribution in [3.05, 3.63) is 23.7 Å².